The molecule has 1 saturated heterocycles. The molecule has 41 heavy (non-hydrogen) atoms. The van der Waals surface area contributed by atoms with E-state index in [0.717, 1.165) is 26.5 Å². The zero-order chi connectivity index (χ0) is 28.4. The van der Waals surface area contributed by atoms with Gasteiger partial charge in [-0.15, -0.1) is 0 Å². The lowest BCUT2D eigenvalue weighted by Crippen LogP contribution is -2.42. The highest BCUT2D eigenvalue weighted by Crippen LogP contribution is 2.34. The Bertz CT molecular complexity index is 1790. The summed E-state index contributed by atoms with van der Waals surface area (Å²) < 4.78 is 25.3. The van der Waals surface area contributed by atoms with Crippen LogP contribution in [0, 0.1) is 0 Å². The zero-order valence-electron chi connectivity index (χ0n) is 22.2. The van der Waals surface area contributed by atoms with Gasteiger partial charge in [-0.3, -0.25) is 4.79 Å². The maximum Gasteiger partial charge on any atom is 0.274 e. The first-order chi connectivity index (χ1) is 19.8. The van der Waals surface area contributed by atoms with Crippen molar-refractivity contribution in [1.29, 1.82) is 0 Å². The summed E-state index contributed by atoms with van der Waals surface area (Å²) in [5.41, 5.74) is 3.18. The predicted octanol–water partition coefficient (Wildman–Crippen LogP) is 4.90. The number of thiazole rings is 1. The van der Waals surface area contributed by atoms with E-state index < -0.39 is 10.0 Å². The first kappa shape index (κ1) is 26.9. The molecule has 0 unspecified atom stereocenters. The van der Waals surface area contributed by atoms with E-state index in [9.17, 15) is 13.2 Å². The monoisotopic (exact) mass is 585 g/mol. The van der Waals surface area contributed by atoms with Crippen LogP contribution in [0.15, 0.2) is 79.0 Å². The number of nitrogens with one attached hydrogen (secondary N) is 2. The molecule has 12 heteroatoms. The normalized spacial score (nSPS) is 14.7. The smallest absolute Gasteiger partial charge is 0.274 e. The quantitative estimate of drug-likeness (QED) is 0.276. The second-order valence-electron chi connectivity index (χ2n) is 9.76. The van der Waals surface area contributed by atoms with Gasteiger partial charge in [0.2, 0.25) is 10.0 Å². The number of carbonyl (C=O) groups is 1. The average molecular weight is 586 g/mol. The van der Waals surface area contributed by atoms with Crippen LogP contribution in [-0.4, -0.2) is 64.0 Å². The molecule has 3 aromatic heterocycles. The van der Waals surface area contributed by atoms with E-state index in [1.54, 1.807) is 12.3 Å². The highest BCUT2D eigenvalue weighted by atomic mass is 32.2. The SMILES string of the molecule is CS(=O)(=O)N1CCC(Nc2cc(C(=O)Nc3ccccc3-c3nc4cccnc4s3)nc(-c3ccccc3)n2)CC1. The van der Waals surface area contributed by atoms with Crippen LogP contribution in [0.2, 0.25) is 0 Å². The maximum atomic E-state index is 13.6. The Hall–Kier alpha value is -4.26. The number of hydrogen-bond donors (Lipinski definition) is 2. The molecule has 0 saturated carbocycles. The molecular weight excluding hydrogens is 558 g/mol. The number of fused-ring (bicyclic) bond motifs is 1. The summed E-state index contributed by atoms with van der Waals surface area (Å²) in [5, 5.41) is 7.18. The molecule has 2 aromatic carbocycles. The van der Waals surface area contributed by atoms with Crippen LogP contribution in [0.4, 0.5) is 11.5 Å². The molecule has 6 rings (SSSR count). The number of piperidine rings is 1. The minimum Gasteiger partial charge on any atom is -0.367 e. The minimum absolute atomic E-state index is 0.0100. The summed E-state index contributed by atoms with van der Waals surface area (Å²) in [7, 11) is -3.22. The van der Waals surface area contributed by atoms with Crippen molar-refractivity contribution in [3.63, 3.8) is 0 Å². The van der Waals surface area contributed by atoms with Gasteiger partial charge in [-0.05, 0) is 37.1 Å². The standard InChI is InChI=1S/C29H27N7O3S2/c1-41(38,39)36-16-13-20(14-17-36)31-25-18-24(32-26(35-25)19-8-3-2-4-9-19)27(37)33-22-11-6-5-10-21(22)28-34-23-12-7-15-30-29(23)40-28/h2-12,15,18,20H,13-14,16-17H2,1H3,(H,33,37)(H,31,32,35). The van der Waals surface area contributed by atoms with Gasteiger partial charge in [0, 0.05) is 42.5 Å². The topological polar surface area (TPSA) is 130 Å². The van der Waals surface area contributed by atoms with E-state index >= 15 is 0 Å². The summed E-state index contributed by atoms with van der Waals surface area (Å²) in [4.78, 5) is 32.8. The van der Waals surface area contributed by atoms with Gasteiger partial charge in [0.05, 0.1) is 11.9 Å². The summed E-state index contributed by atoms with van der Waals surface area (Å²) in [6.07, 6.45) is 4.22. The van der Waals surface area contributed by atoms with E-state index in [1.165, 1.54) is 21.9 Å². The Kier molecular flexibility index (Phi) is 7.43. The fourth-order valence-corrected chi connectivity index (χ4v) is 6.57. The molecule has 1 aliphatic heterocycles. The van der Waals surface area contributed by atoms with Crippen molar-refractivity contribution < 1.29 is 13.2 Å². The Morgan fingerprint density at radius 2 is 1.71 bits per heavy atom. The summed E-state index contributed by atoms with van der Waals surface area (Å²) in [5.74, 6) is 0.540. The zero-order valence-corrected chi connectivity index (χ0v) is 23.8. The summed E-state index contributed by atoms with van der Waals surface area (Å²) in [6, 6.07) is 22.4. The highest BCUT2D eigenvalue weighted by molar-refractivity contribution is 7.88. The maximum absolute atomic E-state index is 13.6. The molecule has 5 aromatic rings. The number of anilines is 2. The van der Waals surface area contributed by atoms with Crippen molar-refractivity contribution in [2.75, 3.05) is 30.0 Å². The Balaban J connectivity index is 1.29. The van der Waals surface area contributed by atoms with Crippen molar-refractivity contribution in [2.45, 2.75) is 18.9 Å². The number of nitrogens with zero attached hydrogens (tertiary/aromatic N) is 5. The third kappa shape index (κ3) is 6.09. The van der Waals surface area contributed by atoms with Crippen molar-refractivity contribution in [2.24, 2.45) is 0 Å². The lowest BCUT2D eigenvalue weighted by molar-refractivity contribution is 0.102. The molecule has 0 radical (unpaired) electrons. The Labute approximate surface area is 241 Å². The van der Waals surface area contributed by atoms with Crippen LogP contribution in [0.3, 0.4) is 0 Å². The second-order valence-corrected chi connectivity index (χ2v) is 12.7. The van der Waals surface area contributed by atoms with E-state index in [0.29, 0.717) is 43.3 Å². The van der Waals surface area contributed by atoms with Crippen molar-refractivity contribution in [3.8, 4) is 22.0 Å². The molecule has 1 fully saturated rings. The predicted molar refractivity (Wildman–Crippen MR) is 161 cm³/mol. The fourth-order valence-electron chi connectivity index (χ4n) is 4.74. The third-order valence-electron chi connectivity index (χ3n) is 6.84. The largest absolute Gasteiger partial charge is 0.367 e. The van der Waals surface area contributed by atoms with Crippen molar-refractivity contribution >= 4 is 49.1 Å². The fraction of sp³-hybridized carbons (Fsp3) is 0.207. The molecule has 208 valence electrons. The first-order valence-electron chi connectivity index (χ1n) is 13.1. The van der Waals surface area contributed by atoms with Gasteiger partial charge in [-0.25, -0.2) is 32.7 Å². The van der Waals surface area contributed by atoms with Gasteiger partial charge < -0.3 is 10.6 Å². The van der Waals surface area contributed by atoms with Gasteiger partial charge in [0.15, 0.2) is 5.82 Å². The van der Waals surface area contributed by atoms with E-state index in [-0.39, 0.29) is 17.6 Å². The van der Waals surface area contributed by atoms with Crippen molar-refractivity contribution in [3.05, 3.63) is 84.7 Å². The molecule has 10 nitrogen and oxygen atoms in total. The number of benzene rings is 2. The van der Waals surface area contributed by atoms with Gasteiger partial charge >= 0.3 is 0 Å². The van der Waals surface area contributed by atoms with Gasteiger partial charge in [-0.2, -0.15) is 0 Å². The van der Waals surface area contributed by atoms with Crippen LogP contribution in [0.1, 0.15) is 23.3 Å². The van der Waals surface area contributed by atoms with E-state index in [1.807, 2.05) is 66.7 Å². The number of pyridine rings is 1. The average Bonchev–Trinajstić information content (AvgIpc) is 3.42. The minimum atomic E-state index is -3.22. The Morgan fingerprint density at radius 1 is 0.951 bits per heavy atom. The number of amides is 1. The summed E-state index contributed by atoms with van der Waals surface area (Å²) in [6.45, 7) is 0.858. The lowest BCUT2D eigenvalue weighted by Gasteiger charge is -2.31. The van der Waals surface area contributed by atoms with Gasteiger partial charge in [0.25, 0.3) is 5.91 Å². The van der Waals surface area contributed by atoms with Crippen LogP contribution in [0.25, 0.3) is 32.3 Å². The molecular formula is C29H27N7O3S2. The van der Waals surface area contributed by atoms with Crippen LogP contribution in [0.5, 0.6) is 0 Å². The number of aromatic nitrogens is 4. The number of rotatable bonds is 7. The Morgan fingerprint density at radius 3 is 2.46 bits per heavy atom. The number of carbonyl (C=O) groups excluding carboxylic acids is 1. The summed E-state index contributed by atoms with van der Waals surface area (Å²) >= 11 is 1.46. The highest BCUT2D eigenvalue weighted by Gasteiger charge is 2.25. The molecule has 0 atom stereocenters. The molecule has 1 amide bonds. The molecule has 1 aliphatic rings. The molecule has 4 heterocycles. The number of para-hydroxylation sites is 1. The van der Waals surface area contributed by atoms with Crippen molar-refractivity contribution in [1.82, 2.24) is 24.2 Å². The second kappa shape index (κ2) is 11.3. The molecule has 0 bridgehead atoms. The van der Waals surface area contributed by atoms with Crippen LogP contribution in [-0.2, 0) is 10.0 Å². The number of hydrogen-bond acceptors (Lipinski definition) is 9. The molecule has 0 aliphatic carbocycles. The first-order valence-corrected chi connectivity index (χ1v) is 15.8. The number of sulfonamides is 1. The van der Waals surface area contributed by atoms with Gasteiger partial charge in [0.1, 0.15) is 26.9 Å². The van der Waals surface area contributed by atoms with Gasteiger partial charge in [-0.1, -0.05) is 53.8 Å². The molecule has 0 spiro atoms. The molecule has 2 N–H and O–H groups in total. The lowest BCUT2D eigenvalue weighted by atomic mass is 10.1. The third-order valence-corrected chi connectivity index (χ3v) is 9.15. The van der Waals surface area contributed by atoms with Crippen LogP contribution >= 0.6 is 11.3 Å². The van der Waals surface area contributed by atoms with Crippen LogP contribution < -0.4 is 10.6 Å². The van der Waals surface area contributed by atoms with E-state index in [2.05, 4.69) is 20.6 Å². The van der Waals surface area contributed by atoms with E-state index in [4.69, 9.17) is 9.97 Å².